The lowest BCUT2D eigenvalue weighted by Crippen LogP contribution is -2.47. The van der Waals surface area contributed by atoms with Crippen LogP contribution in [-0.4, -0.2) is 54.1 Å². The molecule has 0 spiro atoms. The van der Waals surface area contributed by atoms with E-state index in [4.69, 9.17) is 4.74 Å². The maximum absolute atomic E-state index is 13.0. The van der Waals surface area contributed by atoms with Crippen LogP contribution < -0.4 is 15.0 Å². The van der Waals surface area contributed by atoms with Gasteiger partial charge in [-0.25, -0.2) is 9.37 Å². The Hall–Kier alpha value is -3.19. The van der Waals surface area contributed by atoms with E-state index in [-0.39, 0.29) is 5.82 Å². The van der Waals surface area contributed by atoms with E-state index in [1.54, 1.807) is 24.4 Å². The molecular formula is C22H24FN5O. The fraction of sp³-hybridized carbons (Fsp3) is 0.273. The SMILES string of the molecule is Fc1ccc(Oc2ccnc(NCCN3CCN(c4ccccc4)CC3)n2)cc1. The van der Waals surface area contributed by atoms with Crippen LogP contribution in [0.15, 0.2) is 66.9 Å². The van der Waals surface area contributed by atoms with Gasteiger partial charge < -0.3 is 15.0 Å². The smallest absolute Gasteiger partial charge is 0.226 e. The topological polar surface area (TPSA) is 53.5 Å². The summed E-state index contributed by atoms with van der Waals surface area (Å²) in [5.74, 6) is 1.18. The van der Waals surface area contributed by atoms with Gasteiger partial charge in [0.15, 0.2) is 0 Å². The molecule has 1 N–H and O–H groups in total. The summed E-state index contributed by atoms with van der Waals surface area (Å²) in [6.45, 7) is 5.81. The Morgan fingerprint density at radius 2 is 1.69 bits per heavy atom. The number of aromatic nitrogens is 2. The predicted octanol–water partition coefficient (Wildman–Crippen LogP) is 3.64. The van der Waals surface area contributed by atoms with Gasteiger partial charge in [0.1, 0.15) is 11.6 Å². The number of benzene rings is 2. The van der Waals surface area contributed by atoms with Crippen molar-refractivity contribution in [3.8, 4) is 11.6 Å². The fourth-order valence-electron chi connectivity index (χ4n) is 3.30. The zero-order valence-corrected chi connectivity index (χ0v) is 16.2. The van der Waals surface area contributed by atoms with Crippen molar-refractivity contribution in [3.05, 3.63) is 72.7 Å². The molecule has 0 saturated carbocycles. The van der Waals surface area contributed by atoms with Crippen molar-refractivity contribution in [2.75, 3.05) is 49.5 Å². The van der Waals surface area contributed by atoms with Gasteiger partial charge in [-0.3, -0.25) is 4.90 Å². The zero-order valence-electron chi connectivity index (χ0n) is 16.2. The summed E-state index contributed by atoms with van der Waals surface area (Å²) in [5.41, 5.74) is 1.29. The van der Waals surface area contributed by atoms with Crippen molar-refractivity contribution in [2.24, 2.45) is 0 Å². The molecule has 6 nitrogen and oxygen atoms in total. The number of para-hydroxylation sites is 1. The number of halogens is 1. The normalized spacial score (nSPS) is 14.6. The van der Waals surface area contributed by atoms with Gasteiger partial charge in [0.05, 0.1) is 0 Å². The number of hydrogen-bond donors (Lipinski definition) is 1. The molecule has 1 saturated heterocycles. The Bertz CT molecular complexity index is 899. The molecule has 1 aliphatic heterocycles. The first kappa shape index (κ1) is 19.1. The molecule has 2 heterocycles. The van der Waals surface area contributed by atoms with E-state index in [2.05, 4.69) is 49.4 Å². The second-order valence-corrected chi connectivity index (χ2v) is 6.87. The Morgan fingerprint density at radius 3 is 2.45 bits per heavy atom. The van der Waals surface area contributed by atoms with Crippen molar-refractivity contribution in [3.63, 3.8) is 0 Å². The van der Waals surface area contributed by atoms with Crippen molar-refractivity contribution in [2.45, 2.75) is 0 Å². The lowest BCUT2D eigenvalue weighted by molar-refractivity contribution is 0.267. The summed E-state index contributed by atoms with van der Waals surface area (Å²) < 4.78 is 18.6. The summed E-state index contributed by atoms with van der Waals surface area (Å²) in [6.07, 6.45) is 1.65. The first-order valence-electron chi connectivity index (χ1n) is 9.79. The van der Waals surface area contributed by atoms with Gasteiger partial charge in [-0.15, -0.1) is 0 Å². The number of rotatable bonds is 7. The number of nitrogens with zero attached hydrogens (tertiary/aromatic N) is 4. The minimum absolute atomic E-state index is 0.299. The van der Waals surface area contributed by atoms with Crippen LogP contribution in [0.2, 0.25) is 0 Å². The Balaban J connectivity index is 1.22. The Labute approximate surface area is 170 Å². The number of piperazine rings is 1. The monoisotopic (exact) mass is 393 g/mol. The van der Waals surface area contributed by atoms with Crippen LogP contribution >= 0.6 is 0 Å². The molecule has 2 aromatic carbocycles. The molecule has 4 rings (SSSR count). The van der Waals surface area contributed by atoms with Gasteiger partial charge in [0.25, 0.3) is 0 Å². The lowest BCUT2D eigenvalue weighted by atomic mass is 10.2. The highest BCUT2D eigenvalue weighted by Gasteiger charge is 2.16. The molecule has 0 aliphatic carbocycles. The molecule has 1 aliphatic rings. The first-order chi connectivity index (χ1) is 14.3. The van der Waals surface area contributed by atoms with Crippen molar-refractivity contribution in [1.82, 2.24) is 14.9 Å². The van der Waals surface area contributed by atoms with Crippen molar-refractivity contribution in [1.29, 1.82) is 0 Å². The summed E-state index contributed by atoms with van der Waals surface area (Å²) in [5, 5.41) is 3.25. The van der Waals surface area contributed by atoms with Crippen LogP contribution in [0.1, 0.15) is 0 Å². The predicted molar refractivity (Wildman–Crippen MR) is 112 cm³/mol. The number of hydrogen-bond acceptors (Lipinski definition) is 6. The van der Waals surface area contributed by atoms with Crippen LogP contribution in [0, 0.1) is 5.82 Å². The molecule has 29 heavy (non-hydrogen) atoms. The third-order valence-electron chi connectivity index (χ3n) is 4.87. The molecule has 150 valence electrons. The van der Waals surface area contributed by atoms with Gasteiger partial charge >= 0.3 is 0 Å². The number of anilines is 2. The highest BCUT2D eigenvalue weighted by molar-refractivity contribution is 5.46. The number of ether oxygens (including phenoxy) is 1. The van der Waals surface area contributed by atoms with Crippen LogP contribution in [0.5, 0.6) is 11.6 Å². The van der Waals surface area contributed by atoms with Crippen molar-refractivity contribution >= 4 is 11.6 Å². The molecule has 7 heteroatoms. The summed E-state index contributed by atoms with van der Waals surface area (Å²) in [6, 6.07) is 18.1. The van der Waals surface area contributed by atoms with Crippen LogP contribution in [0.3, 0.4) is 0 Å². The van der Waals surface area contributed by atoms with Crippen LogP contribution in [0.25, 0.3) is 0 Å². The third kappa shape index (κ3) is 5.42. The molecule has 1 fully saturated rings. The summed E-state index contributed by atoms with van der Waals surface area (Å²) >= 11 is 0. The molecular weight excluding hydrogens is 369 g/mol. The molecule has 0 radical (unpaired) electrons. The van der Waals surface area contributed by atoms with Crippen LogP contribution in [0.4, 0.5) is 16.0 Å². The van der Waals surface area contributed by atoms with E-state index in [1.165, 1.54) is 17.8 Å². The van der Waals surface area contributed by atoms with Gasteiger partial charge in [0.2, 0.25) is 11.8 Å². The van der Waals surface area contributed by atoms with E-state index in [9.17, 15) is 4.39 Å². The highest BCUT2D eigenvalue weighted by Crippen LogP contribution is 2.20. The maximum atomic E-state index is 13.0. The summed E-state index contributed by atoms with van der Waals surface area (Å²) in [4.78, 5) is 13.5. The largest absolute Gasteiger partial charge is 0.439 e. The fourth-order valence-corrected chi connectivity index (χ4v) is 3.30. The minimum Gasteiger partial charge on any atom is -0.439 e. The molecule has 0 atom stereocenters. The Morgan fingerprint density at radius 1 is 0.931 bits per heavy atom. The van der Waals surface area contributed by atoms with E-state index in [0.717, 1.165) is 39.3 Å². The second kappa shape index (κ2) is 9.34. The first-order valence-corrected chi connectivity index (χ1v) is 9.79. The van der Waals surface area contributed by atoms with Gasteiger partial charge in [-0.1, -0.05) is 18.2 Å². The van der Waals surface area contributed by atoms with E-state index < -0.39 is 0 Å². The highest BCUT2D eigenvalue weighted by atomic mass is 19.1. The van der Waals surface area contributed by atoms with Gasteiger partial charge in [-0.2, -0.15) is 4.98 Å². The van der Waals surface area contributed by atoms with E-state index in [1.807, 2.05) is 6.07 Å². The molecule has 0 bridgehead atoms. The zero-order chi connectivity index (χ0) is 19.9. The molecule has 3 aromatic rings. The van der Waals surface area contributed by atoms with Gasteiger partial charge in [-0.05, 0) is 36.4 Å². The minimum atomic E-state index is -0.299. The van der Waals surface area contributed by atoms with Crippen molar-refractivity contribution < 1.29 is 9.13 Å². The molecule has 1 aromatic heterocycles. The van der Waals surface area contributed by atoms with E-state index in [0.29, 0.717) is 17.6 Å². The maximum Gasteiger partial charge on any atom is 0.226 e. The summed E-state index contributed by atoms with van der Waals surface area (Å²) in [7, 11) is 0. The lowest BCUT2D eigenvalue weighted by Gasteiger charge is -2.36. The average Bonchev–Trinajstić information content (AvgIpc) is 2.77. The van der Waals surface area contributed by atoms with Crippen LogP contribution in [-0.2, 0) is 0 Å². The number of nitrogens with one attached hydrogen (secondary N) is 1. The average molecular weight is 393 g/mol. The van der Waals surface area contributed by atoms with Gasteiger partial charge in [0, 0.05) is 57.2 Å². The van der Waals surface area contributed by atoms with E-state index >= 15 is 0 Å². The second-order valence-electron chi connectivity index (χ2n) is 6.87. The third-order valence-corrected chi connectivity index (χ3v) is 4.87. The standard InChI is InChI=1S/C22H24FN5O/c23-18-6-8-20(9-7-18)29-21-10-11-24-22(26-21)25-12-13-27-14-16-28(17-15-27)19-4-2-1-3-5-19/h1-11H,12-17H2,(H,24,25,26). The Kier molecular flexibility index (Phi) is 6.16. The molecule has 0 unspecified atom stereocenters. The molecule has 0 amide bonds. The quantitative estimate of drug-likeness (QED) is 0.661.